The van der Waals surface area contributed by atoms with Crippen LogP contribution in [0, 0.1) is 17.8 Å². The summed E-state index contributed by atoms with van der Waals surface area (Å²) in [5.41, 5.74) is 0. The molecule has 8 atom stereocenters. The fourth-order valence-corrected chi connectivity index (χ4v) is 5.13. The van der Waals surface area contributed by atoms with Gasteiger partial charge in [0.25, 0.3) is 0 Å². The maximum absolute atomic E-state index is 12.8. The Labute approximate surface area is 134 Å². The van der Waals surface area contributed by atoms with Gasteiger partial charge in [-0.1, -0.05) is 36.5 Å². The Balaban J connectivity index is 1.63. The molecule has 3 fully saturated rings. The van der Waals surface area contributed by atoms with Crippen molar-refractivity contribution in [3.63, 3.8) is 0 Å². The van der Waals surface area contributed by atoms with Gasteiger partial charge >= 0.3 is 0 Å². The maximum Gasteiger partial charge on any atom is 0.218 e. The third-order valence-electron chi connectivity index (χ3n) is 5.95. The van der Waals surface area contributed by atoms with Crippen LogP contribution in [-0.4, -0.2) is 53.6 Å². The number of hydrogen-bond donors (Lipinski definition) is 0. The van der Waals surface area contributed by atoms with Crippen LogP contribution < -0.4 is 0 Å². The second kappa shape index (κ2) is 4.72. The van der Waals surface area contributed by atoms with Gasteiger partial charge in [-0.3, -0.25) is 14.5 Å². The largest absolute Gasteiger partial charge is 0.343 e. The predicted molar refractivity (Wildman–Crippen MR) is 81.4 cm³/mol. The monoisotopic (exact) mass is 313 g/mol. The van der Waals surface area contributed by atoms with E-state index in [1.165, 1.54) is 0 Å². The molecule has 3 saturated heterocycles. The van der Waals surface area contributed by atoms with E-state index in [0.717, 1.165) is 0 Å². The fraction of sp³-hybridized carbons (Fsp3) is 0.556. The van der Waals surface area contributed by atoms with E-state index in [2.05, 4.69) is 29.2 Å². The minimum absolute atomic E-state index is 0.000862. The first-order valence-corrected chi connectivity index (χ1v) is 8.29. The Hall–Kier alpha value is -1.56. The molecule has 0 aromatic heterocycles. The molecule has 120 valence electrons. The van der Waals surface area contributed by atoms with Crippen LogP contribution in [0.15, 0.2) is 36.5 Å². The van der Waals surface area contributed by atoms with Crippen LogP contribution in [0.3, 0.4) is 0 Å². The van der Waals surface area contributed by atoms with E-state index in [1.54, 1.807) is 6.92 Å². The molecule has 1 aliphatic carbocycles. The van der Waals surface area contributed by atoms with E-state index < -0.39 is 6.29 Å². The summed E-state index contributed by atoms with van der Waals surface area (Å²) in [5, 5.41) is 0. The molecule has 5 aliphatic rings. The summed E-state index contributed by atoms with van der Waals surface area (Å²) in [6, 6.07) is -0.175. The number of ether oxygens (including phenoxy) is 2. The highest BCUT2D eigenvalue weighted by atomic mass is 16.7. The summed E-state index contributed by atoms with van der Waals surface area (Å²) in [4.78, 5) is 27.5. The van der Waals surface area contributed by atoms with Gasteiger partial charge in [0.15, 0.2) is 5.78 Å². The molecule has 0 N–H and O–H groups in total. The first kappa shape index (κ1) is 13.8. The van der Waals surface area contributed by atoms with Crippen LogP contribution in [0.25, 0.3) is 0 Å². The van der Waals surface area contributed by atoms with Crippen LogP contribution in [0.1, 0.15) is 6.92 Å². The molecule has 0 saturated carbocycles. The minimum atomic E-state index is -0.735. The van der Waals surface area contributed by atoms with Crippen molar-refractivity contribution in [2.24, 2.45) is 17.8 Å². The molecule has 0 amide bonds. The maximum atomic E-state index is 12.8. The molecule has 23 heavy (non-hydrogen) atoms. The second-order valence-electron chi connectivity index (χ2n) is 7.06. The summed E-state index contributed by atoms with van der Waals surface area (Å²) in [7, 11) is 0. The number of carbonyl (C=O) groups is 2. The van der Waals surface area contributed by atoms with Crippen LogP contribution in [0.2, 0.25) is 0 Å². The summed E-state index contributed by atoms with van der Waals surface area (Å²) in [5.74, 6) is 0.0722. The first-order valence-electron chi connectivity index (χ1n) is 8.29. The van der Waals surface area contributed by atoms with Gasteiger partial charge < -0.3 is 9.47 Å². The first-order chi connectivity index (χ1) is 11.2. The van der Waals surface area contributed by atoms with Crippen LogP contribution >= 0.6 is 0 Å². The van der Waals surface area contributed by atoms with Crippen molar-refractivity contribution in [2.75, 3.05) is 6.61 Å². The molecule has 2 unspecified atom stereocenters. The third kappa shape index (κ3) is 1.73. The van der Waals surface area contributed by atoms with Gasteiger partial charge in [-0.2, -0.15) is 0 Å². The van der Waals surface area contributed by atoms with Crippen LogP contribution in [0.5, 0.6) is 0 Å². The summed E-state index contributed by atoms with van der Waals surface area (Å²) in [6.45, 7) is 2.04. The lowest BCUT2D eigenvalue weighted by Gasteiger charge is -2.41. The molecule has 0 aromatic carbocycles. The molecular formula is C18H19NO4. The van der Waals surface area contributed by atoms with Crippen molar-refractivity contribution < 1.29 is 19.1 Å². The molecule has 5 nitrogen and oxygen atoms in total. The number of fused-ring (bicyclic) bond motifs is 8. The van der Waals surface area contributed by atoms with Gasteiger partial charge in [0, 0.05) is 29.8 Å². The van der Waals surface area contributed by atoms with Crippen LogP contribution in [0.4, 0.5) is 0 Å². The average Bonchev–Trinajstić information content (AvgIpc) is 3.13. The normalized spacial score (nSPS) is 49.9. The topological polar surface area (TPSA) is 55.8 Å². The quantitative estimate of drug-likeness (QED) is 0.672. The zero-order chi connectivity index (χ0) is 15.7. The molecular weight excluding hydrogens is 294 g/mol. The van der Waals surface area contributed by atoms with Crippen molar-refractivity contribution in [3.05, 3.63) is 36.5 Å². The third-order valence-corrected chi connectivity index (χ3v) is 5.95. The number of Topliss-reactive ketones (excluding diaryl/α,β-unsaturated/α-hetero) is 2. The van der Waals surface area contributed by atoms with Crippen molar-refractivity contribution in [1.29, 1.82) is 0 Å². The number of nitrogens with zero attached hydrogens (tertiary/aromatic N) is 1. The van der Waals surface area contributed by atoms with Crippen molar-refractivity contribution in [3.8, 4) is 0 Å². The molecule has 0 spiro atoms. The molecule has 5 heteroatoms. The summed E-state index contributed by atoms with van der Waals surface area (Å²) < 4.78 is 11.2. The summed E-state index contributed by atoms with van der Waals surface area (Å²) in [6.07, 6.45) is 11.8. The highest BCUT2D eigenvalue weighted by molar-refractivity contribution is 5.91. The zero-order valence-electron chi connectivity index (χ0n) is 12.9. The number of ketones is 2. The number of hydrogen-bond acceptors (Lipinski definition) is 5. The lowest BCUT2D eigenvalue weighted by Crippen LogP contribution is -2.52. The smallest absolute Gasteiger partial charge is 0.218 e. The van der Waals surface area contributed by atoms with E-state index in [9.17, 15) is 9.59 Å². The Bertz CT molecular complexity index is 666. The van der Waals surface area contributed by atoms with Gasteiger partial charge in [-0.05, 0) is 6.92 Å². The van der Waals surface area contributed by atoms with Gasteiger partial charge in [-0.15, -0.1) is 0 Å². The zero-order valence-corrected chi connectivity index (χ0v) is 12.9. The van der Waals surface area contributed by atoms with E-state index in [1.807, 2.05) is 12.2 Å². The van der Waals surface area contributed by atoms with E-state index >= 15 is 0 Å². The molecule has 0 radical (unpaired) electrons. The van der Waals surface area contributed by atoms with E-state index in [-0.39, 0.29) is 53.5 Å². The molecule has 4 aliphatic heterocycles. The lowest BCUT2D eigenvalue weighted by atomic mass is 9.78. The molecule has 4 heterocycles. The molecule has 5 rings (SSSR count). The highest BCUT2D eigenvalue weighted by Gasteiger charge is 2.64. The Kier molecular flexibility index (Phi) is 2.84. The van der Waals surface area contributed by atoms with Gasteiger partial charge in [0.2, 0.25) is 6.29 Å². The van der Waals surface area contributed by atoms with Crippen molar-refractivity contribution >= 4 is 11.6 Å². The Morgan fingerprint density at radius 3 is 2.83 bits per heavy atom. The van der Waals surface area contributed by atoms with Crippen molar-refractivity contribution in [1.82, 2.24) is 4.90 Å². The van der Waals surface area contributed by atoms with E-state index in [0.29, 0.717) is 6.61 Å². The highest BCUT2D eigenvalue weighted by Crippen LogP contribution is 2.49. The standard InChI is InChI=1S/C18H19NO4/c1-9(20)16-15-13-8-22-18(23-13)17(21)14(15)12-7-6-10-4-2-3-5-11(10)19(12)16/h2-7,10-16,18H,8H2,1H3/t10?,11?,12-,13+,14-,15-,16-,18+/m1/s1. The average molecular weight is 313 g/mol. The molecule has 0 aromatic rings. The predicted octanol–water partition coefficient (Wildman–Crippen LogP) is 0.865. The van der Waals surface area contributed by atoms with Gasteiger partial charge in [0.1, 0.15) is 5.78 Å². The number of carbonyl (C=O) groups excluding carboxylic acids is 2. The number of rotatable bonds is 1. The van der Waals surface area contributed by atoms with E-state index in [4.69, 9.17) is 9.47 Å². The minimum Gasteiger partial charge on any atom is -0.343 e. The molecule has 2 bridgehead atoms. The van der Waals surface area contributed by atoms with Crippen molar-refractivity contribution in [2.45, 2.75) is 37.4 Å². The lowest BCUT2D eigenvalue weighted by molar-refractivity contribution is -0.164. The van der Waals surface area contributed by atoms with Crippen LogP contribution in [-0.2, 0) is 19.1 Å². The SMILES string of the molecule is CC(=O)[C@@H]1[C@H]2[C@H](C(=O)[C@H]3OC[C@@H]2O3)[C@H]2C=CC3C=CC=CC3N21. The Morgan fingerprint density at radius 2 is 2.00 bits per heavy atom. The number of allylic oxidation sites excluding steroid dienone is 2. The Morgan fingerprint density at radius 1 is 1.17 bits per heavy atom. The van der Waals surface area contributed by atoms with Gasteiger partial charge in [-0.25, -0.2) is 0 Å². The second-order valence-corrected chi connectivity index (χ2v) is 7.06. The fourth-order valence-electron chi connectivity index (χ4n) is 5.13. The van der Waals surface area contributed by atoms with Gasteiger partial charge in [0.05, 0.1) is 18.8 Å². The summed E-state index contributed by atoms with van der Waals surface area (Å²) >= 11 is 0.